The molecule has 0 aromatic heterocycles. The molecular weight excluding hydrogens is 237 g/mol. The van der Waals surface area contributed by atoms with Crippen LogP contribution in [0.2, 0.25) is 0 Å². The molecule has 0 radical (unpaired) electrons. The zero-order valence-corrected chi connectivity index (χ0v) is 8.65. The van der Waals surface area contributed by atoms with Crippen LogP contribution in [-0.4, -0.2) is 29.1 Å². The molecule has 1 atom stereocenters. The molecule has 0 heterocycles. The van der Waals surface area contributed by atoms with E-state index in [0.29, 0.717) is 6.42 Å². The molecule has 0 saturated heterocycles. The third-order valence-electron chi connectivity index (χ3n) is 1.89. The maximum absolute atomic E-state index is 12.7. The van der Waals surface area contributed by atoms with Crippen LogP contribution in [0.1, 0.15) is 26.2 Å². The molecular formula is C8H14F5NO2. The first kappa shape index (κ1) is 17.5. The summed E-state index contributed by atoms with van der Waals surface area (Å²) in [5.41, 5.74) is 0. The molecule has 0 aliphatic carbocycles. The highest BCUT2D eigenvalue weighted by Crippen LogP contribution is 2.40. The highest BCUT2D eigenvalue weighted by molar-refractivity contribution is 5.76. The van der Waals surface area contributed by atoms with Gasteiger partial charge in [0, 0.05) is 0 Å². The lowest BCUT2D eigenvalue weighted by Gasteiger charge is -2.25. The van der Waals surface area contributed by atoms with Gasteiger partial charge in [-0.25, -0.2) is 9.18 Å². The van der Waals surface area contributed by atoms with Crippen molar-refractivity contribution in [3.8, 4) is 0 Å². The summed E-state index contributed by atoms with van der Waals surface area (Å²) in [7, 11) is 0. The number of aliphatic carboxylic acids is 1. The van der Waals surface area contributed by atoms with Gasteiger partial charge >= 0.3 is 17.8 Å². The molecule has 0 aromatic carbocycles. The molecule has 16 heavy (non-hydrogen) atoms. The van der Waals surface area contributed by atoms with Crippen LogP contribution in [0.25, 0.3) is 0 Å². The van der Waals surface area contributed by atoms with Crippen LogP contribution in [-0.2, 0) is 4.79 Å². The lowest BCUT2D eigenvalue weighted by atomic mass is 10.0. The quantitative estimate of drug-likeness (QED) is 0.712. The number of hydrogen-bond acceptors (Lipinski definition) is 2. The van der Waals surface area contributed by atoms with Crippen molar-refractivity contribution in [1.29, 1.82) is 0 Å². The molecule has 98 valence electrons. The zero-order valence-electron chi connectivity index (χ0n) is 8.65. The second kappa shape index (κ2) is 5.97. The Morgan fingerprint density at radius 3 is 2.06 bits per heavy atom. The summed E-state index contributed by atoms with van der Waals surface area (Å²) in [4.78, 5) is 9.85. The average molecular weight is 251 g/mol. The number of alkyl halides is 5. The van der Waals surface area contributed by atoms with Crippen molar-refractivity contribution in [3.05, 3.63) is 0 Å². The Morgan fingerprint density at radius 2 is 1.75 bits per heavy atom. The number of carbonyl (C=O) groups is 1. The highest BCUT2D eigenvalue weighted by Gasteiger charge is 2.66. The van der Waals surface area contributed by atoms with Gasteiger partial charge in [0.05, 0.1) is 0 Å². The number of carboxylic acid groups (broad SMARTS) is 1. The SMILES string of the molecule is CCCCC(F)C(F)(F)C(F)(F)C(=O)O.N. The van der Waals surface area contributed by atoms with Gasteiger partial charge in [0.2, 0.25) is 0 Å². The van der Waals surface area contributed by atoms with Crippen LogP contribution < -0.4 is 6.15 Å². The fraction of sp³-hybridized carbons (Fsp3) is 0.875. The second-order valence-electron chi connectivity index (χ2n) is 3.11. The molecule has 8 heteroatoms. The van der Waals surface area contributed by atoms with Gasteiger partial charge in [0.1, 0.15) is 0 Å². The van der Waals surface area contributed by atoms with E-state index in [1.165, 1.54) is 0 Å². The van der Waals surface area contributed by atoms with Crippen molar-refractivity contribution in [1.82, 2.24) is 6.15 Å². The normalized spacial score (nSPS) is 14.1. The van der Waals surface area contributed by atoms with Crippen LogP contribution in [0, 0.1) is 0 Å². The summed E-state index contributed by atoms with van der Waals surface area (Å²) < 4.78 is 62.9. The number of halogens is 5. The van der Waals surface area contributed by atoms with Crippen LogP contribution in [0.5, 0.6) is 0 Å². The molecule has 0 spiro atoms. The summed E-state index contributed by atoms with van der Waals surface area (Å²) in [6.45, 7) is 1.57. The predicted molar refractivity (Wildman–Crippen MR) is 47.0 cm³/mol. The second-order valence-corrected chi connectivity index (χ2v) is 3.11. The van der Waals surface area contributed by atoms with Gasteiger partial charge in [-0.15, -0.1) is 0 Å². The first-order valence-corrected chi connectivity index (χ1v) is 4.31. The van der Waals surface area contributed by atoms with Gasteiger partial charge in [-0.05, 0) is 6.42 Å². The minimum atomic E-state index is -5.37. The van der Waals surface area contributed by atoms with Gasteiger partial charge in [-0.2, -0.15) is 17.6 Å². The Kier molecular flexibility index (Phi) is 6.52. The number of rotatable bonds is 6. The Morgan fingerprint density at radius 1 is 1.31 bits per heavy atom. The van der Waals surface area contributed by atoms with E-state index in [1.807, 2.05) is 0 Å². The number of carboxylic acids is 1. The summed E-state index contributed by atoms with van der Waals surface area (Å²) in [5, 5.41) is 7.85. The third kappa shape index (κ3) is 3.29. The van der Waals surface area contributed by atoms with E-state index in [-0.39, 0.29) is 12.6 Å². The summed E-state index contributed by atoms with van der Waals surface area (Å²) in [6.07, 6.45) is -3.59. The molecule has 1 unspecified atom stereocenters. The molecule has 0 aromatic rings. The van der Waals surface area contributed by atoms with Crippen molar-refractivity contribution in [2.75, 3.05) is 0 Å². The first-order chi connectivity index (χ1) is 6.67. The van der Waals surface area contributed by atoms with Gasteiger partial charge in [-0.1, -0.05) is 19.8 Å². The molecule has 0 fully saturated rings. The summed E-state index contributed by atoms with van der Waals surface area (Å²) in [5.74, 6) is -13.6. The topological polar surface area (TPSA) is 72.3 Å². The summed E-state index contributed by atoms with van der Waals surface area (Å²) >= 11 is 0. The molecule has 4 N–H and O–H groups in total. The van der Waals surface area contributed by atoms with E-state index in [4.69, 9.17) is 5.11 Å². The van der Waals surface area contributed by atoms with E-state index in [2.05, 4.69) is 0 Å². The van der Waals surface area contributed by atoms with Crippen molar-refractivity contribution in [2.45, 2.75) is 44.2 Å². The number of hydrogen-bond donors (Lipinski definition) is 2. The van der Waals surface area contributed by atoms with E-state index >= 15 is 0 Å². The molecule has 0 aliphatic rings. The van der Waals surface area contributed by atoms with Gasteiger partial charge in [0.25, 0.3) is 0 Å². The van der Waals surface area contributed by atoms with Gasteiger partial charge in [0.15, 0.2) is 6.17 Å². The zero-order chi connectivity index (χ0) is 12.3. The lowest BCUT2D eigenvalue weighted by molar-refractivity contribution is -0.244. The molecule has 0 bridgehead atoms. The van der Waals surface area contributed by atoms with Crippen molar-refractivity contribution in [2.24, 2.45) is 0 Å². The van der Waals surface area contributed by atoms with Crippen LogP contribution in [0.3, 0.4) is 0 Å². The Bertz CT molecular complexity index is 234. The Labute approximate surface area is 89.2 Å². The fourth-order valence-corrected chi connectivity index (χ4v) is 0.904. The predicted octanol–water partition coefficient (Wildman–Crippen LogP) is 3.03. The minimum absolute atomic E-state index is 0. The van der Waals surface area contributed by atoms with Crippen LogP contribution in [0.15, 0.2) is 0 Å². The molecule has 3 nitrogen and oxygen atoms in total. The van der Waals surface area contributed by atoms with Crippen molar-refractivity contribution in [3.63, 3.8) is 0 Å². The van der Waals surface area contributed by atoms with Crippen molar-refractivity contribution < 1.29 is 31.9 Å². The van der Waals surface area contributed by atoms with E-state index in [9.17, 15) is 26.7 Å². The summed E-state index contributed by atoms with van der Waals surface area (Å²) in [6, 6.07) is 0. The molecule has 0 amide bonds. The Balaban J connectivity index is 0. The van der Waals surface area contributed by atoms with Crippen molar-refractivity contribution >= 4 is 5.97 Å². The maximum Gasteiger partial charge on any atom is 0.407 e. The fourth-order valence-electron chi connectivity index (χ4n) is 0.904. The monoisotopic (exact) mass is 251 g/mol. The van der Waals surface area contributed by atoms with Crippen LogP contribution >= 0.6 is 0 Å². The van der Waals surface area contributed by atoms with E-state index in [1.54, 1.807) is 6.92 Å². The lowest BCUT2D eigenvalue weighted by Crippen LogP contribution is -2.52. The van der Waals surface area contributed by atoms with E-state index in [0.717, 1.165) is 0 Å². The smallest absolute Gasteiger partial charge is 0.407 e. The maximum atomic E-state index is 12.7. The Hall–Kier alpha value is -0.920. The number of unbranched alkanes of at least 4 members (excludes halogenated alkanes) is 1. The van der Waals surface area contributed by atoms with Gasteiger partial charge in [-0.3, -0.25) is 0 Å². The van der Waals surface area contributed by atoms with E-state index < -0.39 is 30.4 Å². The molecule has 0 aliphatic heterocycles. The molecule has 0 rings (SSSR count). The largest absolute Gasteiger partial charge is 0.477 e. The average Bonchev–Trinajstić information content (AvgIpc) is 2.13. The molecule has 0 saturated carbocycles. The highest BCUT2D eigenvalue weighted by atomic mass is 19.3. The first-order valence-electron chi connectivity index (χ1n) is 4.31. The minimum Gasteiger partial charge on any atom is -0.477 e. The third-order valence-corrected chi connectivity index (χ3v) is 1.89. The van der Waals surface area contributed by atoms with Crippen LogP contribution in [0.4, 0.5) is 22.0 Å². The standard InChI is InChI=1S/C8H11F5O2.H3N/c1-2-3-4-5(9)7(10,11)8(12,13)6(14)15;/h5H,2-4H2,1H3,(H,14,15);1H3. The van der Waals surface area contributed by atoms with Gasteiger partial charge < -0.3 is 11.3 Å².